The Balaban J connectivity index is 1.61. The van der Waals surface area contributed by atoms with Crippen LogP contribution in [0.25, 0.3) is 0 Å². The predicted molar refractivity (Wildman–Crippen MR) is 132 cm³/mol. The van der Waals surface area contributed by atoms with Crippen molar-refractivity contribution in [3.05, 3.63) is 95.1 Å². The van der Waals surface area contributed by atoms with Crippen LogP contribution in [0.4, 0.5) is 5.69 Å². The van der Waals surface area contributed by atoms with Gasteiger partial charge in [-0.15, -0.1) is 0 Å². The number of sulfonamides is 1. The normalized spacial score (nSPS) is 13.1. The Kier molecular flexibility index (Phi) is 6.99. The van der Waals surface area contributed by atoms with Crippen LogP contribution in [0, 0.1) is 11.3 Å². The Hall–Kier alpha value is -3.63. The number of para-hydroxylation sites is 1. The minimum absolute atomic E-state index is 0.116. The van der Waals surface area contributed by atoms with Gasteiger partial charge in [-0.05, 0) is 66.8 Å². The molecule has 0 fully saturated rings. The number of amides is 1. The van der Waals surface area contributed by atoms with E-state index in [2.05, 4.69) is 6.07 Å². The summed E-state index contributed by atoms with van der Waals surface area (Å²) in [6.07, 6.45) is 2.37. The smallest absolute Gasteiger partial charge is 0.264 e. The summed E-state index contributed by atoms with van der Waals surface area (Å²) in [6, 6.07) is 23.1. The molecule has 0 unspecified atom stereocenters. The summed E-state index contributed by atoms with van der Waals surface area (Å²) >= 11 is 0. The van der Waals surface area contributed by atoms with Gasteiger partial charge in [-0.1, -0.05) is 43.3 Å². The van der Waals surface area contributed by atoms with Crippen molar-refractivity contribution in [3.63, 3.8) is 0 Å². The lowest BCUT2D eigenvalue weighted by Crippen LogP contribution is -2.36. The second-order valence-corrected chi connectivity index (χ2v) is 10.2. The molecule has 0 spiro atoms. The predicted octanol–water partition coefficient (Wildman–Crippen LogP) is 4.75. The van der Waals surface area contributed by atoms with Gasteiger partial charge in [0.05, 0.1) is 22.2 Å². The highest BCUT2D eigenvalue weighted by Crippen LogP contribution is 2.32. The van der Waals surface area contributed by atoms with E-state index < -0.39 is 10.0 Å². The highest BCUT2D eigenvalue weighted by atomic mass is 32.2. The first-order valence-corrected chi connectivity index (χ1v) is 12.9. The second kappa shape index (κ2) is 10.1. The average molecular weight is 474 g/mol. The monoisotopic (exact) mass is 473 g/mol. The molecule has 0 atom stereocenters. The van der Waals surface area contributed by atoms with E-state index in [9.17, 15) is 13.2 Å². The van der Waals surface area contributed by atoms with Gasteiger partial charge in [0.1, 0.15) is 0 Å². The van der Waals surface area contributed by atoms with Crippen molar-refractivity contribution >= 4 is 21.6 Å². The topological polar surface area (TPSA) is 81.5 Å². The molecule has 1 heterocycles. The fourth-order valence-electron chi connectivity index (χ4n) is 4.28. The maximum Gasteiger partial charge on any atom is 0.264 e. The number of nitriles is 1. The van der Waals surface area contributed by atoms with Crippen molar-refractivity contribution in [2.24, 2.45) is 0 Å². The third-order valence-electron chi connectivity index (χ3n) is 5.97. The molecule has 174 valence electrons. The van der Waals surface area contributed by atoms with E-state index in [1.54, 1.807) is 35.2 Å². The first-order chi connectivity index (χ1) is 16.4. The standard InChI is InChI=1S/C27H27N3O3S/c1-2-16-29(20-22-14-12-21(19-28)13-15-22)27(31)24-8-5-10-25(18-24)34(32,33)30-17-6-9-23-7-3-4-11-26(23)30/h3-5,7-8,10-15,18H,2,6,9,16-17,20H2,1H3. The number of benzene rings is 3. The van der Waals surface area contributed by atoms with E-state index in [4.69, 9.17) is 5.26 Å². The van der Waals surface area contributed by atoms with Gasteiger partial charge in [0.25, 0.3) is 15.9 Å². The van der Waals surface area contributed by atoms with Gasteiger partial charge in [-0.25, -0.2) is 8.42 Å². The summed E-state index contributed by atoms with van der Waals surface area (Å²) in [5.74, 6) is -0.220. The van der Waals surface area contributed by atoms with Crippen molar-refractivity contribution < 1.29 is 13.2 Å². The minimum atomic E-state index is -3.80. The van der Waals surface area contributed by atoms with E-state index in [1.165, 1.54) is 10.4 Å². The van der Waals surface area contributed by atoms with E-state index >= 15 is 0 Å². The number of rotatable bonds is 7. The second-order valence-electron chi connectivity index (χ2n) is 8.37. The SMILES string of the molecule is CCCN(Cc1ccc(C#N)cc1)C(=O)c1cccc(S(=O)(=O)N2CCCc3ccccc32)c1. The van der Waals surface area contributed by atoms with E-state index in [1.807, 2.05) is 43.3 Å². The fourth-order valence-corrected chi connectivity index (χ4v) is 5.86. The van der Waals surface area contributed by atoms with Crippen LogP contribution < -0.4 is 4.31 Å². The third-order valence-corrected chi connectivity index (χ3v) is 7.78. The van der Waals surface area contributed by atoms with Crippen LogP contribution >= 0.6 is 0 Å². The number of nitrogens with zero attached hydrogens (tertiary/aromatic N) is 3. The van der Waals surface area contributed by atoms with Crippen LogP contribution in [0.3, 0.4) is 0 Å². The van der Waals surface area contributed by atoms with Crippen LogP contribution in [0.15, 0.2) is 77.7 Å². The number of carbonyl (C=O) groups is 1. The number of fused-ring (bicyclic) bond motifs is 1. The summed E-state index contributed by atoms with van der Waals surface area (Å²) in [7, 11) is -3.80. The van der Waals surface area contributed by atoms with E-state index in [0.29, 0.717) is 36.4 Å². The fraction of sp³-hybridized carbons (Fsp3) is 0.259. The number of hydrogen-bond donors (Lipinski definition) is 0. The Morgan fingerprint density at radius 2 is 1.82 bits per heavy atom. The zero-order valence-electron chi connectivity index (χ0n) is 19.1. The van der Waals surface area contributed by atoms with E-state index in [0.717, 1.165) is 30.4 Å². The van der Waals surface area contributed by atoms with Crippen LogP contribution in [0.2, 0.25) is 0 Å². The Morgan fingerprint density at radius 3 is 2.56 bits per heavy atom. The number of hydrogen-bond acceptors (Lipinski definition) is 4. The Morgan fingerprint density at radius 1 is 1.06 bits per heavy atom. The molecular weight excluding hydrogens is 446 g/mol. The molecule has 7 heteroatoms. The molecule has 3 aromatic carbocycles. The van der Waals surface area contributed by atoms with Gasteiger partial charge >= 0.3 is 0 Å². The van der Waals surface area contributed by atoms with Crippen LogP contribution in [-0.4, -0.2) is 32.3 Å². The van der Waals surface area contributed by atoms with Gasteiger partial charge in [0, 0.05) is 25.2 Å². The molecule has 0 radical (unpaired) electrons. The molecule has 0 aromatic heterocycles. The molecule has 3 aromatic rings. The van der Waals surface area contributed by atoms with Crippen LogP contribution in [-0.2, 0) is 23.0 Å². The summed E-state index contributed by atoms with van der Waals surface area (Å²) in [5, 5.41) is 9.00. The molecule has 0 saturated heterocycles. The summed E-state index contributed by atoms with van der Waals surface area (Å²) in [6.45, 7) is 3.33. The molecule has 1 amide bonds. The van der Waals surface area contributed by atoms with Crippen LogP contribution in [0.5, 0.6) is 0 Å². The number of carbonyl (C=O) groups excluding carboxylic acids is 1. The molecule has 0 aliphatic carbocycles. The molecule has 34 heavy (non-hydrogen) atoms. The van der Waals surface area contributed by atoms with Gasteiger partial charge in [-0.3, -0.25) is 9.10 Å². The lowest BCUT2D eigenvalue weighted by atomic mass is 10.0. The molecule has 6 nitrogen and oxygen atoms in total. The Bertz CT molecular complexity index is 1330. The van der Waals surface area contributed by atoms with E-state index in [-0.39, 0.29) is 10.8 Å². The lowest BCUT2D eigenvalue weighted by Gasteiger charge is -2.30. The molecule has 1 aliphatic rings. The number of aryl methyl sites for hydroxylation is 1. The molecule has 4 rings (SSSR count). The summed E-state index contributed by atoms with van der Waals surface area (Å²) in [5.41, 5.74) is 3.54. The lowest BCUT2D eigenvalue weighted by molar-refractivity contribution is 0.0743. The molecule has 0 N–H and O–H groups in total. The van der Waals surface area contributed by atoms with Gasteiger partial charge < -0.3 is 4.90 Å². The zero-order valence-corrected chi connectivity index (χ0v) is 20.0. The molecule has 1 aliphatic heterocycles. The van der Waals surface area contributed by atoms with Crippen molar-refractivity contribution in [3.8, 4) is 6.07 Å². The summed E-state index contributed by atoms with van der Waals surface area (Å²) < 4.78 is 28.5. The number of anilines is 1. The van der Waals surface area contributed by atoms with Crippen molar-refractivity contribution in [2.75, 3.05) is 17.4 Å². The quantitative estimate of drug-likeness (QED) is 0.496. The molecule has 0 saturated carbocycles. The minimum Gasteiger partial charge on any atom is -0.334 e. The van der Waals surface area contributed by atoms with Gasteiger partial charge in [0.2, 0.25) is 0 Å². The molecule has 0 bridgehead atoms. The highest BCUT2D eigenvalue weighted by Gasteiger charge is 2.29. The highest BCUT2D eigenvalue weighted by molar-refractivity contribution is 7.92. The zero-order chi connectivity index (χ0) is 24.1. The first kappa shape index (κ1) is 23.5. The van der Waals surface area contributed by atoms with Gasteiger partial charge in [0.15, 0.2) is 0 Å². The largest absolute Gasteiger partial charge is 0.334 e. The average Bonchev–Trinajstić information content (AvgIpc) is 2.88. The maximum atomic E-state index is 13.5. The van der Waals surface area contributed by atoms with Crippen molar-refractivity contribution in [1.82, 2.24) is 4.90 Å². The van der Waals surface area contributed by atoms with Gasteiger partial charge in [-0.2, -0.15) is 5.26 Å². The molecular formula is C27H27N3O3S. The van der Waals surface area contributed by atoms with Crippen LogP contribution in [0.1, 0.15) is 46.8 Å². The first-order valence-electron chi connectivity index (χ1n) is 11.4. The Labute approximate surface area is 201 Å². The van der Waals surface area contributed by atoms with Crippen molar-refractivity contribution in [2.45, 2.75) is 37.6 Å². The maximum absolute atomic E-state index is 13.5. The van der Waals surface area contributed by atoms with Crippen molar-refractivity contribution in [1.29, 1.82) is 5.26 Å². The third kappa shape index (κ3) is 4.82. The summed E-state index contributed by atoms with van der Waals surface area (Å²) in [4.78, 5) is 15.2.